The van der Waals surface area contributed by atoms with Crippen molar-refractivity contribution < 1.29 is 9.18 Å². The van der Waals surface area contributed by atoms with E-state index in [2.05, 4.69) is 5.32 Å². The predicted octanol–water partition coefficient (Wildman–Crippen LogP) is 3.09. The number of rotatable bonds is 5. The highest BCUT2D eigenvalue weighted by Gasteiger charge is 2.32. The highest BCUT2D eigenvalue weighted by Crippen LogP contribution is 2.25. The van der Waals surface area contributed by atoms with Gasteiger partial charge < -0.3 is 11.1 Å². The second-order valence-electron chi connectivity index (χ2n) is 6.61. The van der Waals surface area contributed by atoms with Crippen molar-refractivity contribution in [2.75, 3.05) is 6.54 Å². The van der Waals surface area contributed by atoms with E-state index < -0.39 is 11.0 Å². The van der Waals surface area contributed by atoms with Gasteiger partial charge in [0.05, 0.1) is 0 Å². The number of carbonyl (C=O) groups is 1. The van der Waals surface area contributed by atoms with Crippen LogP contribution in [0.15, 0.2) is 54.6 Å². The first-order valence-electron chi connectivity index (χ1n) is 7.63. The van der Waals surface area contributed by atoms with Gasteiger partial charge in [0.2, 0.25) is 5.91 Å². The van der Waals surface area contributed by atoms with Gasteiger partial charge in [0.25, 0.3) is 0 Å². The number of nitrogens with two attached hydrogens (primary N) is 1. The molecule has 3 nitrogen and oxygen atoms in total. The Bertz CT molecular complexity index is 681. The molecule has 1 atom stereocenters. The molecular weight excluding hydrogens is 291 g/mol. The van der Waals surface area contributed by atoms with Gasteiger partial charge >= 0.3 is 0 Å². The molecule has 122 valence electrons. The van der Waals surface area contributed by atoms with Gasteiger partial charge in [-0.1, -0.05) is 62.4 Å². The highest BCUT2D eigenvalue weighted by atomic mass is 19.1. The van der Waals surface area contributed by atoms with Gasteiger partial charge in [-0.25, -0.2) is 4.39 Å². The molecule has 2 aromatic rings. The maximum absolute atomic E-state index is 14.0. The van der Waals surface area contributed by atoms with Crippen LogP contribution in [0, 0.1) is 5.82 Å². The molecule has 2 aromatic carbocycles. The van der Waals surface area contributed by atoms with Crippen molar-refractivity contribution in [3.05, 3.63) is 71.5 Å². The van der Waals surface area contributed by atoms with Gasteiger partial charge in [-0.2, -0.15) is 0 Å². The zero-order valence-electron chi connectivity index (χ0n) is 13.8. The van der Waals surface area contributed by atoms with Crippen molar-refractivity contribution in [1.82, 2.24) is 5.32 Å². The van der Waals surface area contributed by atoms with E-state index in [-0.39, 0.29) is 11.7 Å². The lowest BCUT2D eigenvalue weighted by Crippen LogP contribution is -2.51. The number of hydrogen-bond acceptors (Lipinski definition) is 2. The SMILES string of the molecule is CC(C)(CNC(=O)C(C)(N)c1ccccc1)c1ccccc1F. The van der Waals surface area contributed by atoms with Crippen LogP contribution in [0.2, 0.25) is 0 Å². The summed E-state index contributed by atoms with van der Waals surface area (Å²) in [5.74, 6) is -0.557. The molecule has 23 heavy (non-hydrogen) atoms. The average Bonchev–Trinajstić information content (AvgIpc) is 2.53. The fraction of sp³-hybridized carbons (Fsp3) is 0.316. The average molecular weight is 314 g/mol. The monoisotopic (exact) mass is 314 g/mol. The van der Waals surface area contributed by atoms with Gasteiger partial charge in [-0.3, -0.25) is 4.79 Å². The molecule has 0 aliphatic rings. The van der Waals surface area contributed by atoms with Crippen LogP contribution in [-0.2, 0) is 15.7 Å². The molecular formula is C19H23FN2O. The first-order chi connectivity index (χ1) is 10.7. The molecule has 0 saturated carbocycles. The van der Waals surface area contributed by atoms with Crippen molar-refractivity contribution in [1.29, 1.82) is 0 Å². The molecule has 0 fully saturated rings. The smallest absolute Gasteiger partial charge is 0.244 e. The molecule has 0 aliphatic heterocycles. The van der Waals surface area contributed by atoms with Crippen molar-refractivity contribution in [3.8, 4) is 0 Å². The summed E-state index contributed by atoms with van der Waals surface area (Å²) in [5.41, 5.74) is 5.83. The van der Waals surface area contributed by atoms with Crippen LogP contribution in [-0.4, -0.2) is 12.5 Å². The predicted molar refractivity (Wildman–Crippen MR) is 90.4 cm³/mol. The summed E-state index contributed by atoms with van der Waals surface area (Å²) in [6, 6.07) is 15.8. The summed E-state index contributed by atoms with van der Waals surface area (Å²) < 4.78 is 14.0. The lowest BCUT2D eigenvalue weighted by Gasteiger charge is -2.30. The van der Waals surface area contributed by atoms with Gasteiger partial charge in [0, 0.05) is 12.0 Å². The molecule has 0 spiro atoms. The Morgan fingerprint density at radius 1 is 1.04 bits per heavy atom. The van der Waals surface area contributed by atoms with E-state index in [9.17, 15) is 9.18 Å². The molecule has 1 amide bonds. The highest BCUT2D eigenvalue weighted by molar-refractivity contribution is 5.87. The largest absolute Gasteiger partial charge is 0.353 e. The first-order valence-corrected chi connectivity index (χ1v) is 7.63. The number of benzene rings is 2. The van der Waals surface area contributed by atoms with E-state index in [4.69, 9.17) is 5.73 Å². The van der Waals surface area contributed by atoms with Crippen molar-refractivity contribution >= 4 is 5.91 Å². The van der Waals surface area contributed by atoms with Gasteiger partial charge in [-0.05, 0) is 24.1 Å². The minimum absolute atomic E-state index is 0.273. The summed E-state index contributed by atoms with van der Waals surface area (Å²) in [5, 5.41) is 2.86. The Balaban J connectivity index is 2.11. The molecule has 0 saturated heterocycles. The first kappa shape index (κ1) is 17.2. The third-order valence-electron chi connectivity index (χ3n) is 4.14. The summed E-state index contributed by atoms with van der Waals surface area (Å²) in [6.07, 6.45) is 0. The zero-order chi connectivity index (χ0) is 17.1. The summed E-state index contributed by atoms with van der Waals surface area (Å²) in [6.45, 7) is 5.75. The second-order valence-corrected chi connectivity index (χ2v) is 6.61. The Kier molecular flexibility index (Phi) is 4.85. The third-order valence-corrected chi connectivity index (χ3v) is 4.14. The Labute approximate surface area is 136 Å². The van der Waals surface area contributed by atoms with E-state index in [0.29, 0.717) is 12.1 Å². The molecule has 1 unspecified atom stereocenters. The Morgan fingerprint density at radius 2 is 1.61 bits per heavy atom. The lowest BCUT2D eigenvalue weighted by atomic mass is 9.83. The van der Waals surface area contributed by atoms with E-state index in [1.807, 2.05) is 44.2 Å². The molecule has 0 bridgehead atoms. The maximum atomic E-state index is 14.0. The Hall–Kier alpha value is -2.20. The maximum Gasteiger partial charge on any atom is 0.244 e. The molecule has 2 rings (SSSR count). The van der Waals surface area contributed by atoms with Gasteiger partial charge in [0.15, 0.2) is 0 Å². The molecule has 0 aromatic heterocycles. The van der Waals surface area contributed by atoms with Crippen LogP contribution in [0.25, 0.3) is 0 Å². The number of nitrogens with one attached hydrogen (secondary N) is 1. The molecule has 0 heterocycles. The van der Waals surface area contributed by atoms with Gasteiger partial charge in [-0.15, -0.1) is 0 Å². The van der Waals surface area contributed by atoms with Crippen molar-refractivity contribution in [2.24, 2.45) is 5.73 Å². The lowest BCUT2D eigenvalue weighted by molar-refractivity contribution is -0.126. The van der Waals surface area contributed by atoms with Crippen LogP contribution < -0.4 is 11.1 Å². The fourth-order valence-corrected chi connectivity index (χ4v) is 2.51. The molecule has 0 radical (unpaired) electrons. The second kappa shape index (κ2) is 6.50. The quantitative estimate of drug-likeness (QED) is 0.891. The minimum Gasteiger partial charge on any atom is -0.353 e. The molecule has 0 aliphatic carbocycles. The van der Waals surface area contributed by atoms with Crippen LogP contribution in [0.1, 0.15) is 31.9 Å². The summed E-state index contributed by atoms with van der Waals surface area (Å²) in [7, 11) is 0. The van der Waals surface area contributed by atoms with Gasteiger partial charge in [0.1, 0.15) is 11.4 Å². The van der Waals surface area contributed by atoms with E-state index in [0.717, 1.165) is 5.56 Å². The Morgan fingerprint density at radius 3 is 2.22 bits per heavy atom. The fourth-order valence-electron chi connectivity index (χ4n) is 2.51. The number of halogens is 1. The van der Waals surface area contributed by atoms with Crippen LogP contribution >= 0.6 is 0 Å². The molecule has 3 N–H and O–H groups in total. The number of hydrogen-bond donors (Lipinski definition) is 2. The van der Waals surface area contributed by atoms with Crippen LogP contribution in [0.5, 0.6) is 0 Å². The summed E-state index contributed by atoms with van der Waals surface area (Å²) >= 11 is 0. The van der Waals surface area contributed by atoms with E-state index in [1.54, 1.807) is 25.1 Å². The van der Waals surface area contributed by atoms with Crippen LogP contribution in [0.3, 0.4) is 0 Å². The normalized spacial score (nSPS) is 14.1. The number of amides is 1. The summed E-state index contributed by atoms with van der Waals surface area (Å²) in [4.78, 5) is 12.5. The standard InChI is InChI=1S/C19H23FN2O/c1-18(2,15-11-7-8-12-16(15)20)13-22-17(23)19(3,21)14-9-5-4-6-10-14/h4-12H,13,21H2,1-3H3,(H,22,23). The van der Waals surface area contributed by atoms with Crippen molar-refractivity contribution in [3.63, 3.8) is 0 Å². The van der Waals surface area contributed by atoms with E-state index in [1.165, 1.54) is 6.07 Å². The van der Waals surface area contributed by atoms with E-state index >= 15 is 0 Å². The van der Waals surface area contributed by atoms with Crippen LogP contribution in [0.4, 0.5) is 4.39 Å². The number of carbonyl (C=O) groups excluding carboxylic acids is 1. The topological polar surface area (TPSA) is 55.1 Å². The molecule has 4 heteroatoms. The van der Waals surface area contributed by atoms with Crippen molar-refractivity contribution in [2.45, 2.75) is 31.7 Å². The zero-order valence-corrected chi connectivity index (χ0v) is 13.8. The third kappa shape index (κ3) is 3.77. The minimum atomic E-state index is -1.13.